The van der Waals surface area contributed by atoms with Crippen molar-refractivity contribution in [2.24, 2.45) is 5.73 Å². The van der Waals surface area contributed by atoms with Gasteiger partial charge in [-0.2, -0.15) is 0 Å². The number of nitrogens with two attached hydrogens (primary N) is 1. The summed E-state index contributed by atoms with van der Waals surface area (Å²) in [7, 11) is 0. The van der Waals surface area contributed by atoms with E-state index in [0.29, 0.717) is 18.0 Å². The maximum Gasteiger partial charge on any atom is 0.221 e. The van der Waals surface area contributed by atoms with Gasteiger partial charge in [-0.3, -0.25) is 4.79 Å². The van der Waals surface area contributed by atoms with E-state index < -0.39 is 0 Å². The van der Waals surface area contributed by atoms with Crippen LogP contribution in [0.4, 0.5) is 5.69 Å². The molecule has 0 radical (unpaired) electrons. The maximum absolute atomic E-state index is 11.4. The van der Waals surface area contributed by atoms with Gasteiger partial charge in [0, 0.05) is 30.8 Å². The highest BCUT2D eigenvalue weighted by Crippen LogP contribution is 2.15. The van der Waals surface area contributed by atoms with Crippen LogP contribution in [0.25, 0.3) is 0 Å². The number of rotatable bonds is 7. The van der Waals surface area contributed by atoms with E-state index in [0.717, 1.165) is 29.8 Å². The minimum atomic E-state index is 0.0748. The maximum atomic E-state index is 11.4. The van der Waals surface area contributed by atoms with Gasteiger partial charge in [0.2, 0.25) is 5.91 Å². The lowest BCUT2D eigenvalue weighted by Crippen LogP contribution is -2.25. The minimum absolute atomic E-state index is 0.0748. The van der Waals surface area contributed by atoms with Crippen LogP contribution in [0, 0.1) is 6.92 Å². The molecule has 4 N–H and O–H groups in total. The standard InChI is InChI=1S/C14H21N3OS/c1-3-7-17-13(18)6-8-16-11-4-5-12(14(15)19)10(2)9-11/h4-5,9,16H,3,6-8H2,1-2H3,(H2,15,19)(H,17,18). The zero-order valence-electron chi connectivity index (χ0n) is 11.5. The van der Waals surface area contributed by atoms with Crippen LogP contribution in [0.3, 0.4) is 0 Å². The number of aryl methyl sites for hydroxylation is 1. The van der Waals surface area contributed by atoms with Crippen LogP contribution in [0.15, 0.2) is 18.2 Å². The molecule has 0 aliphatic heterocycles. The van der Waals surface area contributed by atoms with Crippen LogP contribution in [0.5, 0.6) is 0 Å². The first-order valence-electron chi connectivity index (χ1n) is 6.45. The molecule has 0 aliphatic rings. The Morgan fingerprint density at radius 2 is 2.11 bits per heavy atom. The average Bonchev–Trinajstić information content (AvgIpc) is 2.36. The Balaban J connectivity index is 2.44. The largest absolute Gasteiger partial charge is 0.389 e. The van der Waals surface area contributed by atoms with Crippen molar-refractivity contribution in [3.63, 3.8) is 0 Å². The zero-order valence-corrected chi connectivity index (χ0v) is 12.3. The number of anilines is 1. The molecule has 0 spiro atoms. The molecule has 5 heteroatoms. The first kappa shape index (κ1) is 15.4. The quantitative estimate of drug-likeness (QED) is 0.667. The first-order valence-corrected chi connectivity index (χ1v) is 6.86. The molecule has 1 aromatic rings. The van der Waals surface area contributed by atoms with Crippen molar-refractivity contribution >= 4 is 28.8 Å². The molecule has 1 amide bonds. The third-order valence-electron chi connectivity index (χ3n) is 2.75. The van der Waals surface area contributed by atoms with Crippen LogP contribution >= 0.6 is 12.2 Å². The number of carbonyl (C=O) groups excluding carboxylic acids is 1. The van der Waals surface area contributed by atoms with Gasteiger partial charge >= 0.3 is 0 Å². The summed E-state index contributed by atoms with van der Waals surface area (Å²) in [5.74, 6) is 0.0748. The number of amides is 1. The summed E-state index contributed by atoms with van der Waals surface area (Å²) >= 11 is 4.96. The Morgan fingerprint density at radius 3 is 2.68 bits per heavy atom. The van der Waals surface area contributed by atoms with Crippen molar-refractivity contribution < 1.29 is 4.79 Å². The molecule has 1 rings (SSSR count). The van der Waals surface area contributed by atoms with E-state index in [4.69, 9.17) is 18.0 Å². The Labute approximate surface area is 119 Å². The van der Waals surface area contributed by atoms with Gasteiger partial charge in [0.05, 0.1) is 0 Å². The SMILES string of the molecule is CCCNC(=O)CCNc1ccc(C(N)=S)c(C)c1. The second-order valence-corrected chi connectivity index (χ2v) is 4.86. The van der Waals surface area contributed by atoms with E-state index in [9.17, 15) is 4.79 Å². The van der Waals surface area contributed by atoms with Gasteiger partial charge in [0.15, 0.2) is 0 Å². The summed E-state index contributed by atoms with van der Waals surface area (Å²) in [5.41, 5.74) is 8.51. The minimum Gasteiger partial charge on any atom is -0.389 e. The fourth-order valence-corrected chi connectivity index (χ4v) is 1.95. The van der Waals surface area contributed by atoms with Gasteiger partial charge in [-0.15, -0.1) is 0 Å². The fourth-order valence-electron chi connectivity index (χ4n) is 1.72. The lowest BCUT2D eigenvalue weighted by atomic mass is 10.1. The molecule has 0 aromatic heterocycles. The topological polar surface area (TPSA) is 67.2 Å². The normalized spacial score (nSPS) is 10.0. The van der Waals surface area contributed by atoms with Gasteiger partial charge in [-0.1, -0.05) is 19.1 Å². The van der Waals surface area contributed by atoms with Gasteiger partial charge in [-0.25, -0.2) is 0 Å². The smallest absolute Gasteiger partial charge is 0.221 e. The average molecular weight is 279 g/mol. The molecule has 0 aliphatic carbocycles. The molecule has 0 saturated heterocycles. The molecule has 4 nitrogen and oxygen atoms in total. The first-order chi connectivity index (χ1) is 9.04. The number of thiocarbonyl (C=S) groups is 1. The van der Waals surface area contributed by atoms with Crippen molar-refractivity contribution in [1.29, 1.82) is 0 Å². The van der Waals surface area contributed by atoms with Crippen LogP contribution in [-0.2, 0) is 4.79 Å². The van der Waals surface area contributed by atoms with Crippen molar-refractivity contribution in [3.8, 4) is 0 Å². The van der Waals surface area contributed by atoms with Crippen molar-refractivity contribution in [2.75, 3.05) is 18.4 Å². The summed E-state index contributed by atoms with van der Waals surface area (Å²) in [6, 6.07) is 5.81. The lowest BCUT2D eigenvalue weighted by Gasteiger charge is -2.10. The molecule has 0 fully saturated rings. The Morgan fingerprint density at radius 1 is 1.37 bits per heavy atom. The fraction of sp³-hybridized carbons (Fsp3) is 0.429. The van der Waals surface area contributed by atoms with E-state index in [1.165, 1.54) is 0 Å². The van der Waals surface area contributed by atoms with Crippen molar-refractivity contribution in [2.45, 2.75) is 26.7 Å². The monoisotopic (exact) mass is 279 g/mol. The Hall–Kier alpha value is -1.62. The highest BCUT2D eigenvalue weighted by Gasteiger charge is 2.03. The second-order valence-electron chi connectivity index (χ2n) is 4.42. The summed E-state index contributed by atoms with van der Waals surface area (Å²) in [4.78, 5) is 11.8. The molecular weight excluding hydrogens is 258 g/mol. The lowest BCUT2D eigenvalue weighted by molar-refractivity contribution is -0.120. The predicted octanol–water partition coefficient (Wildman–Crippen LogP) is 1.96. The Bertz CT molecular complexity index is 460. The third-order valence-corrected chi connectivity index (χ3v) is 2.97. The number of carbonyl (C=O) groups is 1. The summed E-state index contributed by atoms with van der Waals surface area (Å²) < 4.78 is 0. The molecule has 0 unspecified atom stereocenters. The van der Waals surface area contributed by atoms with Crippen LogP contribution in [0.2, 0.25) is 0 Å². The molecule has 1 aromatic carbocycles. The number of nitrogens with one attached hydrogen (secondary N) is 2. The Kier molecular flexibility index (Phi) is 6.29. The highest BCUT2D eigenvalue weighted by atomic mass is 32.1. The molecular formula is C14H21N3OS. The number of hydrogen-bond donors (Lipinski definition) is 3. The summed E-state index contributed by atoms with van der Waals surface area (Å²) in [6.45, 7) is 5.35. The zero-order chi connectivity index (χ0) is 14.3. The summed E-state index contributed by atoms with van der Waals surface area (Å²) in [5, 5.41) is 6.06. The molecule has 0 atom stereocenters. The van der Waals surface area contributed by atoms with Crippen LogP contribution in [-0.4, -0.2) is 24.0 Å². The molecule has 104 valence electrons. The van der Waals surface area contributed by atoms with Crippen molar-refractivity contribution in [3.05, 3.63) is 29.3 Å². The van der Waals surface area contributed by atoms with E-state index in [1.807, 2.05) is 32.0 Å². The summed E-state index contributed by atoms with van der Waals surface area (Å²) in [6.07, 6.45) is 1.43. The predicted molar refractivity (Wildman–Crippen MR) is 83.5 cm³/mol. The van der Waals surface area contributed by atoms with Gasteiger partial charge < -0.3 is 16.4 Å². The van der Waals surface area contributed by atoms with E-state index in [1.54, 1.807) is 0 Å². The number of benzene rings is 1. The third kappa shape index (κ3) is 5.26. The highest BCUT2D eigenvalue weighted by molar-refractivity contribution is 7.80. The molecule has 19 heavy (non-hydrogen) atoms. The van der Waals surface area contributed by atoms with Gasteiger partial charge in [0.1, 0.15) is 4.99 Å². The van der Waals surface area contributed by atoms with Gasteiger partial charge in [0.25, 0.3) is 0 Å². The van der Waals surface area contributed by atoms with Crippen LogP contribution in [0.1, 0.15) is 30.9 Å². The second kappa shape index (κ2) is 7.74. The van der Waals surface area contributed by atoms with E-state index in [2.05, 4.69) is 10.6 Å². The molecule has 0 saturated carbocycles. The van der Waals surface area contributed by atoms with E-state index in [-0.39, 0.29) is 5.91 Å². The van der Waals surface area contributed by atoms with Crippen LogP contribution < -0.4 is 16.4 Å². The van der Waals surface area contributed by atoms with Gasteiger partial charge in [-0.05, 0) is 37.1 Å². The molecule has 0 bridgehead atoms. The van der Waals surface area contributed by atoms with E-state index >= 15 is 0 Å². The van der Waals surface area contributed by atoms with Crippen molar-refractivity contribution in [1.82, 2.24) is 5.32 Å². The number of hydrogen-bond acceptors (Lipinski definition) is 3. The molecule has 0 heterocycles.